The number of pyridine rings is 1. The molecule has 1 heterocycles. The first-order valence-electron chi connectivity index (χ1n) is 7.24. The normalized spacial score (nSPS) is 10.7. The predicted molar refractivity (Wildman–Crippen MR) is 98.5 cm³/mol. The fourth-order valence-corrected chi connectivity index (χ4v) is 1.82. The van der Waals surface area contributed by atoms with Crippen LogP contribution in [0.5, 0.6) is 5.88 Å². The van der Waals surface area contributed by atoms with Crippen molar-refractivity contribution in [1.82, 2.24) is 15.6 Å². The highest BCUT2D eigenvalue weighted by atomic mass is 127. The van der Waals surface area contributed by atoms with E-state index in [1.807, 2.05) is 18.2 Å². The van der Waals surface area contributed by atoms with Crippen LogP contribution in [-0.4, -0.2) is 31.6 Å². The van der Waals surface area contributed by atoms with Crippen molar-refractivity contribution >= 4 is 29.9 Å². The first-order valence-corrected chi connectivity index (χ1v) is 7.24. The Morgan fingerprint density at radius 3 is 2.71 bits per heavy atom. The maximum Gasteiger partial charge on any atom is 0.213 e. The Bertz CT molecular complexity index is 412. The molecule has 5 nitrogen and oxygen atoms in total. The van der Waals surface area contributed by atoms with E-state index in [2.05, 4.69) is 27.5 Å². The highest BCUT2D eigenvalue weighted by Crippen LogP contribution is 2.06. The Hall–Kier alpha value is -1.05. The van der Waals surface area contributed by atoms with E-state index < -0.39 is 0 Å². The lowest BCUT2D eigenvalue weighted by molar-refractivity contribution is 0.396. The van der Waals surface area contributed by atoms with Crippen LogP contribution in [0, 0.1) is 0 Å². The molecule has 0 amide bonds. The molecule has 0 aromatic carbocycles. The van der Waals surface area contributed by atoms with Crippen molar-refractivity contribution in [3.8, 4) is 5.88 Å². The molecule has 0 aliphatic carbocycles. The highest BCUT2D eigenvalue weighted by Gasteiger charge is 2.00. The van der Waals surface area contributed by atoms with Gasteiger partial charge >= 0.3 is 0 Å². The third-order valence-corrected chi connectivity index (χ3v) is 2.97. The molecule has 0 fully saturated rings. The van der Waals surface area contributed by atoms with Crippen molar-refractivity contribution in [3.63, 3.8) is 0 Å². The number of nitrogens with one attached hydrogen (secondary N) is 2. The van der Waals surface area contributed by atoms with Crippen molar-refractivity contribution in [2.45, 2.75) is 39.2 Å². The summed E-state index contributed by atoms with van der Waals surface area (Å²) in [5.74, 6) is 1.44. The molecule has 2 N–H and O–H groups in total. The number of ether oxygens (including phenoxy) is 1. The molecular weight excluding hydrogens is 379 g/mol. The zero-order valence-corrected chi connectivity index (χ0v) is 15.5. The summed E-state index contributed by atoms with van der Waals surface area (Å²) in [5.41, 5.74) is 0.929. The Balaban J connectivity index is 0.00000400. The van der Waals surface area contributed by atoms with Crippen molar-refractivity contribution in [2.75, 3.05) is 20.7 Å². The first-order chi connectivity index (χ1) is 9.80. The number of rotatable bonds is 8. The zero-order valence-electron chi connectivity index (χ0n) is 13.2. The second kappa shape index (κ2) is 12.7. The minimum Gasteiger partial charge on any atom is -0.481 e. The van der Waals surface area contributed by atoms with Crippen LogP contribution >= 0.6 is 24.0 Å². The minimum absolute atomic E-state index is 0. The van der Waals surface area contributed by atoms with Crippen molar-refractivity contribution in [2.24, 2.45) is 4.99 Å². The summed E-state index contributed by atoms with van der Waals surface area (Å²) in [4.78, 5) is 8.55. The van der Waals surface area contributed by atoms with E-state index in [4.69, 9.17) is 4.74 Å². The summed E-state index contributed by atoms with van der Waals surface area (Å²) in [6.45, 7) is 3.80. The number of hydrogen-bond acceptors (Lipinski definition) is 3. The van der Waals surface area contributed by atoms with Gasteiger partial charge in [0, 0.05) is 19.7 Å². The molecule has 1 rings (SSSR count). The Morgan fingerprint density at radius 1 is 1.24 bits per heavy atom. The average Bonchev–Trinajstić information content (AvgIpc) is 2.50. The molecule has 1 aromatic rings. The number of aromatic nitrogens is 1. The Labute approximate surface area is 145 Å². The molecule has 0 saturated carbocycles. The lowest BCUT2D eigenvalue weighted by Gasteiger charge is -2.11. The van der Waals surface area contributed by atoms with Gasteiger partial charge in [0.15, 0.2) is 5.96 Å². The summed E-state index contributed by atoms with van der Waals surface area (Å²) >= 11 is 0. The number of guanidine groups is 1. The molecule has 0 aliphatic heterocycles. The standard InChI is InChI=1S/C15H26N4O.HI/c1-4-5-6-7-11-17-15(16-2)18-12-13-9-8-10-14(19-13)20-3;/h8-10H,4-7,11-12H2,1-3H3,(H2,16,17,18);1H. The van der Waals surface area contributed by atoms with Crippen LogP contribution in [0.4, 0.5) is 0 Å². The Kier molecular flexibility index (Phi) is 12.0. The molecule has 6 heteroatoms. The number of hydrogen-bond donors (Lipinski definition) is 2. The number of methoxy groups -OCH3 is 1. The van der Waals surface area contributed by atoms with Gasteiger partial charge in [-0.25, -0.2) is 4.98 Å². The predicted octanol–water partition coefficient (Wildman–Crippen LogP) is 2.95. The monoisotopic (exact) mass is 406 g/mol. The molecule has 0 saturated heterocycles. The van der Waals surface area contributed by atoms with Crippen molar-refractivity contribution in [3.05, 3.63) is 23.9 Å². The molecule has 0 spiro atoms. The smallest absolute Gasteiger partial charge is 0.213 e. The third-order valence-electron chi connectivity index (χ3n) is 2.97. The van der Waals surface area contributed by atoms with Gasteiger partial charge in [0.2, 0.25) is 5.88 Å². The summed E-state index contributed by atoms with van der Waals surface area (Å²) in [6, 6.07) is 5.73. The quantitative estimate of drug-likeness (QED) is 0.302. The number of unbranched alkanes of at least 4 members (excludes halogenated alkanes) is 3. The molecule has 0 unspecified atom stereocenters. The van der Waals surface area contributed by atoms with Gasteiger partial charge in [-0.3, -0.25) is 4.99 Å². The van der Waals surface area contributed by atoms with Gasteiger partial charge in [0.25, 0.3) is 0 Å². The van der Waals surface area contributed by atoms with Crippen LogP contribution in [0.1, 0.15) is 38.3 Å². The van der Waals surface area contributed by atoms with Gasteiger partial charge in [-0.05, 0) is 12.5 Å². The van der Waals surface area contributed by atoms with Crippen LogP contribution in [0.25, 0.3) is 0 Å². The average molecular weight is 406 g/mol. The molecular formula is C15H27IN4O. The van der Waals surface area contributed by atoms with Crippen LogP contribution in [0.3, 0.4) is 0 Å². The van der Waals surface area contributed by atoms with Gasteiger partial charge in [-0.2, -0.15) is 0 Å². The van der Waals surface area contributed by atoms with Gasteiger partial charge in [0.05, 0.1) is 19.3 Å². The largest absolute Gasteiger partial charge is 0.481 e. The minimum atomic E-state index is 0. The molecule has 21 heavy (non-hydrogen) atoms. The van der Waals surface area contributed by atoms with Gasteiger partial charge in [-0.1, -0.05) is 32.3 Å². The highest BCUT2D eigenvalue weighted by molar-refractivity contribution is 14.0. The second-order valence-electron chi connectivity index (χ2n) is 4.58. The van der Waals surface area contributed by atoms with E-state index in [9.17, 15) is 0 Å². The van der Waals surface area contributed by atoms with E-state index >= 15 is 0 Å². The lowest BCUT2D eigenvalue weighted by atomic mass is 10.2. The van der Waals surface area contributed by atoms with E-state index in [0.717, 1.165) is 18.2 Å². The second-order valence-corrected chi connectivity index (χ2v) is 4.58. The number of aliphatic imine (C=N–C) groups is 1. The summed E-state index contributed by atoms with van der Waals surface area (Å²) in [5, 5.41) is 6.56. The summed E-state index contributed by atoms with van der Waals surface area (Å²) in [7, 11) is 3.40. The molecule has 0 radical (unpaired) electrons. The number of halogens is 1. The molecule has 0 atom stereocenters. The van der Waals surface area contributed by atoms with Crippen LogP contribution in [-0.2, 0) is 6.54 Å². The topological polar surface area (TPSA) is 58.5 Å². The van der Waals surface area contributed by atoms with Gasteiger partial charge in [-0.15, -0.1) is 24.0 Å². The van der Waals surface area contributed by atoms with Crippen LogP contribution in [0.2, 0.25) is 0 Å². The maximum atomic E-state index is 5.11. The van der Waals surface area contributed by atoms with Gasteiger partial charge in [0.1, 0.15) is 0 Å². The van der Waals surface area contributed by atoms with E-state index in [1.54, 1.807) is 14.2 Å². The maximum absolute atomic E-state index is 5.11. The molecule has 0 aliphatic rings. The van der Waals surface area contributed by atoms with E-state index in [1.165, 1.54) is 25.7 Å². The molecule has 0 bridgehead atoms. The lowest BCUT2D eigenvalue weighted by Crippen LogP contribution is -2.37. The summed E-state index contributed by atoms with van der Waals surface area (Å²) < 4.78 is 5.11. The zero-order chi connectivity index (χ0) is 14.6. The van der Waals surface area contributed by atoms with Gasteiger partial charge < -0.3 is 15.4 Å². The number of nitrogens with zero attached hydrogens (tertiary/aromatic N) is 2. The first kappa shape index (κ1) is 19.9. The van der Waals surface area contributed by atoms with Crippen LogP contribution in [0.15, 0.2) is 23.2 Å². The fraction of sp³-hybridized carbons (Fsp3) is 0.600. The third kappa shape index (κ3) is 8.75. The summed E-state index contributed by atoms with van der Waals surface area (Å²) in [6.07, 6.45) is 4.99. The molecule has 120 valence electrons. The van der Waals surface area contributed by atoms with Crippen molar-refractivity contribution < 1.29 is 4.74 Å². The Morgan fingerprint density at radius 2 is 2.05 bits per heavy atom. The van der Waals surface area contributed by atoms with Crippen LogP contribution < -0.4 is 15.4 Å². The SMILES string of the molecule is CCCCCCNC(=NC)NCc1cccc(OC)n1.I. The van der Waals surface area contributed by atoms with E-state index in [-0.39, 0.29) is 24.0 Å². The van der Waals surface area contributed by atoms with Crippen molar-refractivity contribution in [1.29, 1.82) is 0 Å². The fourth-order valence-electron chi connectivity index (χ4n) is 1.82. The van der Waals surface area contributed by atoms with E-state index in [0.29, 0.717) is 12.4 Å². The molecule has 1 aromatic heterocycles.